The highest BCUT2D eigenvalue weighted by atomic mass is 16.6. The first-order valence-corrected chi connectivity index (χ1v) is 3.86. The maximum atomic E-state index is 10.4. The van der Waals surface area contributed by atoms with Gasteiger partial charge in [-0.2, -0.15) is 5.26 Å². The van der Waals surface area contributed by atoms with Crippen LogP contribution in [0.4, 0.5) is 5.69 Å². The average molecular weight is 193 g/mol. The van der Waals surface area contributed by atoms with Crippen molar-refractivity contribution < 1.29 is 9.66 Å². The number of aromatic nitrogens is 1. The number of nitro groups is 1. The summed E-state index contributed by atoms with van der Waals surface area (Å²) >= 11 is 0. The van der Waals surface area contributed by atoms with E-state index in [2.05, 4.69) is 4.98 Å². The summed E-state index contributed by atoms with van der Waals surface area (Å²) in [6.45, 7) is 2.10. The number of hydrogen-bond donors (Lipinski definition) is 0. The first kappa shape index (κ1) is 9.92. The molecule has 1 aromatic rings. The molecular formula is C8H7N3O3. The van der Waals surface area contributed by atoms with Crippen molar-refractivity contribution in [3.63, 3.8) is 0 Å². The van der Waals surface area contributed by atoms with Crippen molar-refractivity contribution in [2.75, 3.05) is 6.61 Å². The van der Waals surface area contributed by atoms with Gasteiger partial charge in [-0.15, -0.1) is 0 Å². The minimum atomic E-state index is -0.608. The Morgan fingerprint density at radius 2 is 2.50 bits per heavy atom. The summed E-state index contributed by atoms with van der Waals surface area (Å²) in [5.41, 5.74) is -0.147. The predicted molar refractivity (Wildman–Crippen MR) is 46.8 cm³/mol. The summed E-state index contributed by atoms with van der Waals surface area (Å²) in [5.74, 6) is 0.126. The minimum absolute atomic E-state index is 0.0704. The summed E-state index contributed by atoms with van der Waals surface area (Å²) in [6, 6.07) is 2.92. The maximum absolute atomic E-state index is 10.4. The fourth-order valence-corrected chi connectivity index (χ4v) is 0.873. The van der Waals surface area contributed by atoms with Crippen molar-refractivity contribution in [1.82, 2.24) is 4.98 Å². The summed E-state index contributed by atoms with van der Waals surface area (Å²) in [7, 11) is 0. The van der Waals surface area contributed by atoms with Gasteiger partial charge in [-0.1, -0.05) is 0 Å². The Hall–Kier alpha value is -2.16. The van der Waals surface area contributed by atoms with Crippen molar-refractivity contribution in [3.05, 3.63) is 27.9 Å². The Bertz CT molecular complexity index is 397. The summed E-state index contributed by atoms with van der Waals surface area (Å²) in [4.78, 5) is 13.4. The van der Waals surface area contributed by atoms with Crippen LogP contribution < -0.4 is 4.74 Å². The molecule has 0 fully saturated rings. The third-order valence-corrected chi connectivity index (χ3v) is 1.45. The summed E-state index contributed by atoms with van der Waals surface area (Å²) in [5, 5.41) is 19.0. The summed E-state index contributed by atoms with van der Waals surface area (Å²) < 4.78 is 5.01. The molecular weight excluding hydrogens is 186 g/mol. The average Bonchev–Trinajstić information content (AvgIpc) is 2.18. The standard InChI is InChI=1S/C8H7N3O3/c1-2-14-8-6(4-9)3-7(5-10-8)11(12)13/h3,5H,2H2,1H3. The monoisotopic (exact) mass is 193 g/mol. The maximum Gasteiger partial charge on any atom is 0.289 e. The molecule has 0 N–H and O–H groups in total. The van der Waals surface area contributed by atoms with Gasteiger partial charge in [0.05, 0.1) is 11.5 Å². The SMILES string of the molecule is CCOc1ncc([N+](=O)[O-])cc1C#N. The second kappa shape index (κ2) is 4.18. The van der Waals surface area contributed by atoms with Crippen LogP contribution in [0.2, 0.25) is 0 Å². The van der Waals surface area contributed by atoms with E-state index in [9.17, 15) is 10.1 Å². The number of rotatable bonds is 3. The molecule has 0 atom stereocenters. The second-order valence-corrected chi connectivity index (χ2v) is 2.35. The van der Waals surface area contributed by atoms with Crippen molar-refractivity contribution in [3.8, 4) is 11.9 Å². The third kappa shape index (κ3) is 1.95. The van der Waals surface area contributed by atoms with E-state index >= 15 is 0 Å². The highest BCUT2D eigenvalue weighted by molar-refractivity contribution is 5.44. The zero-order valence-electron chi connectivity index (χ0n) is 7.43. The lowest BCUT2D eigenvalue weighted by Gasteiger charge is -2.02. The molecule has 0 amide bonds. The van der Waals surface area contributed by atoms with E-state index < -0.39 is 4.92 Å². The Morgan fingerprint density at radius 3 is 3.00 bits per heavy atom. The molecule has 0 unspecified atom stereocenters. The molecule has 0 saturated carbocycles. The molecule has 1 rings (SSSR count). The zero-order valence-corrected chi connectivity index (χ0v) is 7.43. The molecule has 0 spiro atoms. The lowest BCUT2D eigenvalue weighted by atomic mass is 10.3. The number of ether oxygens (including phenoxy) is 1. The fraction of sp³-hybridized carbons (Fsp3) is 0.250. The lowest BCUT2D eigenvalue weighted by molar-refractivity contribution is -0.385. The first-order valence-electron chi connectivity index (χ1n) is 3.86. The van der Waals surface area contributed by atoms with Crippen LogP contribution in [-0.4, -0.2) is 16.5 Å². The number of nitrogens with zero attached hydrogens (tertiary/aromatic N) is 3. The highest BCUT2D eigenvalue weighted by Crippen LogP contribution is 2.19. The number of pyridine rings is 1. The third-order valence-electron chi connectivity index (χ3n) is 1.45. The van der Waals surface area contributed by atoms with E-state index in [-0.39, 0.29) is 17.1 Å². The van der Waals surface area contributed by atoms with Gasteiger partial charge in [-0.3, -0.25) is 10.1 Å². The van der Waals surface area contributed by atoms with Gasteiger partial charge in [0, 0.05) is 6.07 Å². The largest absolute Gasteiger partial charge is 0.477 e. The van der Waals surface area contributed by atoms with Crippen LogP contribution in [0, 0.1) is 21.4 Å². The van der Waals surface area contributed by atoms with Crippen molar-refractivity contribution in [2.45, 2.75) is 6.92 Å². The first-order chi connectivity index (χ1) is 6.69. The lowest BCUT2D eigenvalue weighted by Crippen LogP contribution is -1.98. The van der Waals surface area contributed by atoms with Gasteiger partial charge in [0.1, 0.15) is 17.8 Å². The molecule has 1 aromatic heterocycles. The van der Waals surface area contributed by atoms with E-state index in [0.717, 1.165) is 12.3 Å². The van der Waals surface area contributed by atoms with Gasteiger partial charge < -0.3 is 4.74 Å². The summed E-state index contributed by atoms with van der Waals surface area (Å²) in [6.07, 6.45) is 1.06. The van der Waals surface area contributed by atoms with E-state index in [1.807, 2.05) is 0 Å². The highest BCUT2D eigenvalue weighted by Gasteiger charge is 2.12. The molecule has 0 radical (unpaired) electrons. The fourth-order valence-electron chi connectivity index (χ4n) is 0.873. The molecule has 72 valence electrons. The van der Waals surface area contributed by atoms with Crippen LogP contribution >= 0.6 is 0 Å². The molecule has 6 nitrogen and oxygen atoms in total. The van der Waals surface area contributed by atoms with Crippen molar-refractivity contribution in [2.24, 2.45) is 0 Å². The molecule has 0 aliphatic heterocycles. The van der Waals surface area contributed by atoms with Crippen LogP contribution in [-0.2, 0) is 0 Å². The number of nitriles is 1. The molecule has 1 heterocycles. The Kier molecular flexibility index (Phi) is 2.97. The van der Waals surface area contributed by atoms with Gasteiger partial charge >= 0.3 is 0 Å². The van der Waals surface area contributed by atoms with E-state index in [4.69, 9.17) is 10.00 Å². The van der Waals surface area contributed by atoms with Gasteiger partial charge in [-0.25, -0.2) is 4.98 Å². The van der Waals surface area contributed by atoms with Crippen molar-refractivity contribution in [1.29, 1.82) is 5.26 Å². The molecule has 0 aromatic carbocycles. The van der Waals surface area contributed by atoms with Crippen molar-refractivity contribution >= 4 is 5.69 Å². The topological polar surface area (TPSA) is 89.1 Å². The minimum Gasteiger partial charge on any atom is -0.477 e. The van der Waals surface area contributed by atoms with Crippen LogP contribution in [0.15, 0.2) is 12.3 Å². The van der Waals surface area contributed by atoms with Crippen LogP contribution in [0.25, 0.3) is 0 Å². The van der Waals surface area contributed by atoms with Crippen LogP contribution in [0.3, 0.4) is 0 Å². The Labute approximate surface area is 79.9 Å². The van der Waals surface area contributed by atoms with Crippen LogP contribution in [0.5, 0.6) is 5.88 Å². The molecule has 0 bridgehead atoms. The quantitative estimate of drug-likeness (QED) is 0.532. The second-order valence-electron chi connectivity index (χ2n) is 2.35. The smallest absolute Gasteiger partial charge is 0.289 e. The molecule has 6 heteroatoms. The van der Waals surface area contributed by atoms with Gasteiger partial charge in [0.15, 0.2) is 0 Å². The van der Waals surface area contributed by atoms with Gasteiger partial charge in [0.2, 0.25) is 5.88 Å². The Morgan fingerprint density at radius 1 is 1.79 bits per heavy atom. The normalized spacial score (nSPS) is 9.14. The Balaban J connectivity index is 3.13. The molecule has 0 aliphatic rings. The molecule has 0 saturated heterocycles. The van der Waals surface area contributed by atoms with E-state index in [0.29, 0.717) is 6.61 Å². The molecule has 14 heavy (non-hydrogen) atoms. The molecule has 0 aliphatic carbocycles. The number of hydrogen-bond acceptors (Lipinski definition) is 5. The van der Waals surface area contributed by atoms with E-state index in [1.165, 1.54) is 0 Å². The zero-order chi connectivity index (χ0) is 10.6. The van der Waals surface area contributed by atoms with E-state index in [1.54, 1.807) is 13.0 Å². The van der Waals surface area contributed by atoms with Gasteiger partial charge in [0.25, 0.3) is 5.69 Å². The van der Waals surface area contributed by atoms with Gasteiger partial charge in [-0.05, 0) is 6.92 Å². The predicted octanol–water partition coefficient (Wildman–Crippen LogP) is 1.26. The van der Waals surface area contributed by atoms with Crippen LogP contribution in [0.1, 0.15) is 12.5 Å².